The van der Waals surface area contributed by atoms with Crippen molar-refractivity contribution in [3.05, 3.63) is 71.2 Å². The van der Waals surface area contributed by atoms with Crippen LogP contribution in [-0.2, 0) is 6.54 Å². The van der Waals surface area contributed by atoms with Crippen LogP contribution in [0.25, 0.3) is 11.3 Å². The second-order valence-electron chi connectivity index (χ2n) is 7.34. The van der Waals surface area contributed by atoms with Crippen molar-refractivity contribution in [2.75, 3.05) is 11.9 Å². The number of amides is 3. The Morgan fingerprint density at radius 2 is 2.00 bits per heavy atom. The van der Waals surface area contributed by atoms with Crippen molar-refractivity contribution in [1.29, 1.82) is 5.26 Å². The van der Waals surface area contributed by atoms with E-state index in [1.165, 1.54) is 18.2 Å². The van der Waals surface area contributed by atoms with E-state index in [1.807, 2.05) is 13.0 Å². The third-order valence-corrected chi connectivity index (χ3v) is 5.15. The number of aromatic nitrogens is 2. The van der Waals surface area contributed by atoms with Crippen molar-refractivity contribution in [1.82, 2.24) is 14.7 Å². The fraction of sp³-hybridized carbons (Fsp3) is 0.182. The Kier molecular flexibility index (Phi) is 5.13. The van der Waals surface area contributed by atoms with Gasteiger partial charge in [0, 0.05) is 17.8 Å². The lowest BCUT2D eigenvalue weighted by atomic mass is 10.0. The highest BCUT2D eigenvalue weighted by Crippen LogP contribution is 2.31. The van der Waals surface area contributed by atoms with Crippen molar-refractivity contribution in [3.8, 4) is 17.3 Å². The highest BCUT2D eigenvalue weighted by atomic mass is 19.1. The number of benzene rings is 2. The summed E-state index contributed by atoms with van der Waals surface area (Å²) < 4.78 is 15.4. The van der Waals surface area contributed by atoms with Gasteiger partial charge in [0.25, 0.3) is 5.91 Å². The average molecular weight is 418 g/mol. The minimum atomic E-state index is -0.693. The minimum Gasteiger partial charge on any atom is -0.365 e. The van der Waals surface area contributed by atoms with Crippen LogP contribution in [0, 0.1) is 17.1 Å². The van der Waals surface area contributed by atoms with Crippen LogP contribution in [0.4, 0.5) is 14.9 Å². The maximum Gasteiger partial charge on any atom is 0.322 e. The van der Waals surface area contributed by atoms with Gasteiger partial charge in [0.05, 0.1) is 35.5 Å². The first-order chi connectivity index (χ1) is 14.9. The topological polar surface area (TPSA) is 117 Å². The van der Waals surface area contributed by atoms with Crippen molar-refractivity contribution in [2.45, 2.75) is 19.5 Å². The fourth-order valence-corrected chi connectivity index (χ4v) is 3.71. The molecule has 3 amide bonds. The van der Waals surface area contributed by atoms with E-state index in [9.17, 15) is 14.0 Å². The molecule has 1 aliphatic heterocycles. The third kappa shape index (κ3) is 3.83. The summed E-state index contributed by atoms with van der Waals surface area (Å²) in [6, 6.07) is 13.7. The second kappa shape index (κ2) is 7.91. The zero-order chi connectivity index (χ0) is 22.1. The maximum atomic E-state index is 13.7. The normalized spacial score (nSPS) is 15.1. The van der Waals surface area contributed by atoms with E-state index in [1.54, 1.807) is 39.9 Å². The highest BCUT2D eigenvalue weighted by molar-refractivity contribution is 6.00. The molecule has 0 fully saturated rings. The summed E-state index contributed by atoms with van der Waals surface area (Å²) in [6.07, 6.45) is 0. The summed E-state index contributed by atoms with van der Waals surface area (Å²) in [4.78, 5) is 26.7. The van der Waals surface area contributed by atoms with Crippen LogP contribution >= 0.6 is 0 Å². The molecule has 156 valence electrons. The number of hydrogen-bond acceptors (Lipinski definition) is 4. The number of anilines is 1. The van der Waals surface area contributed by atoms with Gasteiger partial charge in [0.15, 0.2) is 0 Å². The molecule has 3 N–H and O–H groups in total. The van der Waals surface area contributed by atoms with Crippen LogP contribution in [-0.4, -0.2) is 33.2 Å². The van der Waals surface area contributed by atoms with Crippen LogP contribution in [0.15, 0.2) is 48.5 Å². The molecule has 1 aliphatic rings. The van der Waals surface area contributed by atoms with Gasteiger partial charge in [-0.25, -0.2) is 9.18 Å². The van der Waals surface area contributed by atoms with E-state index in [2.05, 4.69) is 10.4 Å². The zero-order valence-corrected chi connectivity index (χ0v) is 16.7. The molecule has 0 spiro atoms. The number of nitriles is 1. The van der Waals surface area contributed by atoms with Gasteiger partial charge < -0.3 is 16.0 Å². The minimum absolute atomic E-state index is 0.118. The Balaban J connectivity index is 1.65. The van der Waals surface area contributed by atoms with E-state index < -0.39 is 11.7 Å². The Morgan fingerprint density at radius 3 is 2.65 bits per heavy atom. The first-order valence-corrected chi connectivity index (χ1v) is 9.60. The predicted molar refractivity (Wildman–Crippen MR) is 111 cm³/mol. The van der Waals surface area contributed by atoms with Crippen molar-refractivity contribution < 1.29 is 14.0 Å². The molecule has 9 heteroatoms. The third-order valence-electron chi connectivity index (χ3n) is 5.15. The number of primary amides is 1. The largest absolute Gasteiger partial charge is 0.365 e. The first-order valence-electron chi connectivity index (χ1n) is 9.60. The van der Waals surface area contributed by atoms with Crippen molar-refractivity contribution in [3.63, 3.8) is 0 Å². The van der Waals surface area contributed by atoms with Crippen LogP contribution in [0.1, 0.15) is 34.6 Å². The Bertz CT molecular complexity index is 1210. The Morgan fingerprint density at radius 1 is 1.26 bits per heavy atom. The molecule has 1 aromatic heterocycles. The van der Waals surface area contributed by atoms with Crippen LogP contribution < -0.4 is 11.1 Å². The molecule has 0 bridgehead atoms. The SMILES string of the molecule is CC1CN(C(=O)Nc2ccc(C#N)cc2)Cc2c(C(N)=O)c(-c3cccc(F)c3)nn21. The molecule has 1 atom stereocenters. The molecular formula is C22H19FN6O2. The molecule has 0 saturated carbocycles. The lowest BCUT2D eigenvalue weighted by Gasteiger charge is -2.32. The summed E-state index contributed by atoms with van der Waals surface area (Å²) in [5.74, 6) is -1.14. The maximum absolute atomic E-state index is 13.7. The molecule has 3 aromatic rings. The number of carbonyl (C=O) groups is 2. The van der Waals surface area contributed by atoms with Gasteiger partial charge in [-0.15, -0.1) is 0 Å². The molecule has 0 aliphatic carbocycles. The average Bonchev–Trinajstić information content (AvgIpc) is 3.15. The van der Waals surface area contributed by atoms with Crippen LogP contribution in [0.2, 0.25) is 0 Å². The lowest BCUT2D eigenvalue weighted by Crippen LogP contribution is -2.43. The summed E-state index contributed by atoms with van der Waals surface area (Å²) >= 11 is 0. The van der Waals surface area contributed by atoms with Gasteiger partial charge in [0.2, 0.25) is 0 Å². The molecular weight excluding hydrogens is 399 g/mol. The number of fused-ring (bicyclic) bond motifs is 1. The summed E-state index contributed by atoms with van der Waals surface area (Å²) in [7, 11) is 0. The molecule has 8 nitrogen and oxygen atoms in total. The van der Waals surface area contributed by atoms with Gasteiger partial charge >= 0.3 is 6.03 Å². The van der Waals surface area contributed by atoms with E-state index >= 15 is 0 Å². The smallest absolute Gasteiger partial charge is 0.322 e. The number of nitrogens with one attached hydrogen (secondary N) is 1. The Labute approximate surface area is 177 Å². The van der Waals surface area contributed by atoms with Gasteiger partial charge in [-0.2, -0.15) is 10.4 Å². The number of nitrogens with zero attached hydrogens (tertiary/aromatic N) is 4. The quantitative estimate of drug-likeness (QED) is 0.679. The van der Waals surface area contributed by atoms with Crippen molar-refractivity contribution in [2.24, 2.45) is 5.73 Å². The molecule has 0 saturated heterocycles. The molecule has 2 heterocycles. The summed E-state index contributed by atoms with van der Waals surface area (Å²) in [5.41, 5.74) is 8.09. The zero-order valence-electron chi connectivity index (χ0n) is 16.7. The predicted octanol–water partition coefficient (Wildman–Crippen LogP) is 3.27. The molecule has 4 rings (SSSR count). The number of nitrogens with two attached hydrogens (primary N) is 1. The van der Waals surface area contributed by atoms with E-state index in [-0.39, 0.29) is 24.2 Å². The van der Waals surface area contributed by atoms with Gasteiger partial charge in [-0.1, -0.05) is 12.1 Å². The van der Waals surface area contributed by atoms with E-state index in [0.29, 0.717) is 34.7 Å². The summed E-state index contributed by atoms with van der Waals surface area (Å²) in [6.45, 7) is 2.35. The number of rotatable bonds is 3. The van der Waals surface area contributed by atoms with E-state index in [0.717, 1.165) is 0 Å². The second-order valence-corrected chi connectivity index (χ2v) is 7.34. The number of urea groups is 1. The number of halogens is 1. The molecule has 2 aromatic carbocycles. The fourth-order valence-electron chi connectivity index (χ4n) is 3.71. The lowest BCUT2D eigenvalue weighted by molar-refractivity contribution is 0.0997. The van der Waals surface area contributed by atoms with Gasteiger partial charge in [-0.3, -0.25) is 9.48 Å². The molecule has 1 unspecified atom stereocenters. The number of hydrogen-bond donors (Lipinski definition) is 2. The molecule has 0 radical (unpaired) electrons. The highest BCUT2D eigenvalue weighted by Gasteiger charge is 2.33. The van der Waals surface area contributed by atoms with Gasteiger partial charge in [0.1, 0.15) is 11.5 Å². The van der Waals surface area contributed by atoms with Crippen LogP contribution in [0.5, 0.6) is 0 Å². The van der Waals surface area contributed by atoms with Gasteiger partial charge in [-0.05, 0) is 43.3 Å². The number of carbonyl (C=O) groups excluding carboxylic acids is 2. The monoisotopic (exact) mass is 418 g/mol. The van der Waals surface area contributed by atoms with E-state index in [4.69, 9.17) is 11.0 Å². The summed E-state index contributed by atoms with van der Waals surface area (Å²) in [5, 5.41) is 16.2. The molecule has 31 heavy (non-hydrogen) atoms. The van der Waals surface area contributed by atoms with Crippen LogP contribution in [0.3, 0.4) is 0 Å². The Hall–Kier alpha value is -4.19. The first kappa shape index (κ1) is 20.1. The van der Waals surface area contributed by atoms with Crippen molar-refractivity contribution >= 4 is 17.6 Å². The standard InChI is InChI=1S/C22H19FN6O2/c1-13-11-28(22(31)26-17-7-5-14(10-24)6-8-17)12-18-19(21(25)30)20(27-29(13)18)15-3-2-4-16(23)9-15/h2-9,13H,11-12H2,1H3,(H2,25,30)(H,26,31).